The lowest BCUT2D eigenvalue weighted by atomic mass is 9.99. The Morgan fingerprint density at radius 3 is 2.65 bits per heavy atom. The first-order chi connectivity index (χ1) is 14.7. The van der Waals surface area contributed by atoms with E-state index in [9.17, 15) is 0 Å². The highest BCUT2D eigenvalue weighted by Gasteiger charge is 2.33. The van der Waals surface area contributed by atoms with Gasteiger partial charge in [-0.1, -0.05) is 19.1 Å². The van der Waals surface area contributed by atoms with Crippen LogP contribution >= 0.6 is 35.7 Å². The first kappa shape index (κ1) is 26.5. The van der Waals surface area contributed by atoms with Crippen LogP contribution in [0.4, 0.5) is 0 Å². The van der Waals surface area contributed by atoms with E-state index in [4.69, 9.17) is 9.47 Å². The second-order valence-corrected chi connectivity index (χ2v) is 9.80. The van der Waals surface area contributed by atoms with Gasteiger partial charge in [-0.05, 0) is 62.2 Å². The zero-order valence-electron chi connectivity index (χ0n) is 19.2. The predicted molar refractivity (Wildman–Crippen MR) is 142 cm³/mol. The average molecular weight is 563 g/mol. The van der Waals surface area contributed by atoms with Crippen molar-refractivity contribution in [1.82, 2.24) is 15.5 Å². The molecule has 6 nitrogen and oxygen atoms in total. The topological polar surface area (TPSA) is 58.1 Å². The smallest absolute Gasteiger partial charge is 0.191 e. The summed E-state index contributed by atoms with van der Waals surface area (Å²) >= 11 is 2.05. The molecule has 3 rings (SSSR count). The van der Waals surface area contributed by atoms with Gasteiger partial charge in [-0.2, -0.15) is 11.8 Å². The van der Waals surface area contributed by atoms with Gasteiger partial charge in [0.2, 0.25) is 0 Å². The van der Waals surface area contributed by atoms with Crippen LogP contribution in [0.5, 0.6) is 5.75 Å². The van der Waals surface area contributed by atoms with E-state index in [1.807, 2.05) is 13.1 Å². The number of nitrogens with zero attached hydrogens (tertiary/aromatic N) is 2. The van der Waals surface area contributed by atoms with E-state index < -0.39 is 0 Å². The highest BCUT2D eigenvalue weighted by atomic mass is 127. The summed E-state index contributed by atoms with van der Waals surface area (Å²) in [7, 11) is 3.59. The highest BCUT2D eigenvalue weighted by Crippen LogP contribution is 2.34. The second kappa shape index (κ2) is 13.7. The molecule has 8 heteroatoms. The normalized spacial score (nSPS) is 20.0. The second-order valence-electron chi connectivity index (χ2n) is 8.07. The molecule has 1 unspecified atom stereocenters. The summed E-state index contributed by atoms with van der Waals surface area (Å²) in [6, 6.07) is 8.77. The number of aliphatic imine (C=N–C) groups is 1. The number of guanidine groups is 1. The van der Waals surface area contributed by atoms with Crippen molar-refractivity contribution in [1.29, 1.82) is 0 Å². The summed E-state index contributed by atoms with van der Waals surface area (Å²) in [4.78, 5) is 7.07. The fourth-order valence-electron chi connectivity index (χ4n) is 4.44. The highest BCUT2D eigenvalue weighted by molar-refractivity contribution is 14.0. The number of halogens is 1. The van der Waals surface area contributed by atoms with Crippen molar-refractivity contribution in [3.8, 4) is 5.75 Å². The molecule has 2 fully saturated rings. The third-order valence-corrected chi connectivity index (χ3v) is 7.63. The minimum Gasteiger partial charge on any atom is -0.497 e. The Balaban J connectivity index is 0.00000341. The predicted octanol–water partition coefficient (Wildman–Crippen LogP) is 3.92. The SMILES string of the molecule is CCSC1(CNC(=NC)NCC(c2cccc(OC)c2)N2CCCC2)CCOCC1.I. The molecule has 2 aliphatic heterocycles. The summed E-state index contributed by atoms with van der Waals surface area (Å²) in [5.41, 5.74) is 1.29. The number of rotatable bonds is 9. The van der Waals surface area contributed by atoms with E-state index in [0.717, 1.165) is 69.7 Å². The van der Waals surface area contributed by atoms with E-state index in [1.165, 1.54) is 18.4 Å². The quantitative estimate of drug-likeness (QED) is 0.271. The van der Waals surface area contributed by atoms with Gasteiger partial charge in [-0.15, -0.1) is 24.0 Å². The number of hydrogen-bond donors (Lipinski definition) is 2. The van der Waals surface area contributed by atoms with Crippen LogP contribution in [0.3, 0.4) is 0 Å². The fourth-order valence-corrected chi connectivity index (χ4v) is 5.68. The van der Waals surface area contributed by atoms with Gasteiger partial charge in [0.25, 0.3) is 0 Å². The standard InChI is InChI=1S/C23H38N4O2S.HI/c1-4-30-23(10-14-29-15-11-23)18-26-22(24-2)25-17-21(27-12-5-6-13-27)19-8-7-9-20(16-19)28-3;/h7-9,16,21H,4-6,10-15,17-18H2,1-3H3,(H2,24,25,26);1H. The molecular formula is C23H39IN4O2S. The van der Waals surface area contributed by atoms with Gasteiger partial charge in [0.05, 0.1) is 13.2 Å². The molecule has 176 valence electrons. The van der Waals surface area contributed by atoms with Crippen LogP contribution in [0, 0.1) is 0 Å². The molecule has 0 saturated carbocycles. The largest absolute Gasteiger partial charge is 0.497 e. The summed E-state index contributed by atoms with van der Waals surface area (Å²) in [5.74, 6) is 2.92. The molecule has 0 spiro atoms. The Kier molecular flexibility index (Phi) is 11.8. The van der Waals surface area contributed by atoms with E-state index in [1.54, 1.807) is 7.11 Å². The maximum atomic E-state index is 5.61. The minimum absolute atomic E-state index is 0. The number of likely N-dealkylation sites (tertiary alicyclic amines) is 1. The first-order valence-corrected chi connectivity index (χ1v) is 12.2. The summed E-state index contributed by atoms with van der Waals surface area (Å²) in [6.45, 7) is 7.98. The van der Waals surface area contributed by atoms with Gasteiger partial charge in [-0.25, -0.2) is 0 Å². The molecule has 2 heterocycles. The number of nitrogens with one attached hydrogen (secondary N) is 2. The fraction of sp³-hybridized carbons (Fsp3) is 0.696. The van der Waals surface area contributed by atoms with Crippen LogP contribution in [-0.4, -0.2) is 74.9 Å². The van der Waals surface area contributed by atoms with Crippen molar-refractivity contribution >= 4 is 41.7 Å². The number of benzene rings is 1. The van der Waals surface area contributed by atoms with Crippen LogP contribution in [0.15, 0.2) is 29.3 Å². The van der Waals surface area contributed by atoms with Crippen molar-refractivity contribution in [3.63, 3.8) is 0 Å². The molecule has 0 amide bonds. The van der Waals surface area contributed by atoms with Crippen LogP contribution < -0.4 is 15.4 Å². The van der Waals surface area contributed by atoms with Crippen LogP contribution in [-0.2, 0) is 4.74 Å². The zero-order valence-corrected chi connectivity index (χ0v) is 22.3. The van der Waals surface area contributed by atoms with Gasteiger partial charge < -0.3 is 20.1 Å². The van der Waals surface area contributed by atoms with Crippen molar-refractivity contribution < 1.29 is 9.47 Å². The van der Waals surface area contributed by atoms with Crippen molar-refractivity contribution in [2.45, 2.75) is 43.4 Å². The number of methoxy groups -OCH3 is 1. The van der Waals surface area contributed by atoms with E-state index in [-0.39, 0.29) is 28.7 Å². The zero-order chi connectivity index (χ0) is 21.2. The van der Waals surface area contributed by atoms with Crippen LogP contribution in [0.25, 0.3) is 0 Å². The summed E-state index contributed by atoms with van der Waals surface area (Å²) in [5, 5.41) is 7.20. The van der Waals surface area contributed by atoms with Crippen molar-refractivity contribution in [2.75, 3.05) is 59.3 Å². The lowest BCUT2D eigenvalue weighted by Crippen LogP contribution is -2.49. The molecule has 0 aliphatic carbocycles. The lowest BCUT2D eigenvalue weighted by molar-refractivity contribution is 0.0782. The maximum Gasteiger partial charge on any atom is 0.191 e. The van der Waals surface area contributed by atoms with Gasteiger partial charge >= 0.3 is 0 Å². The maximum absolute atomic E-state index is 5.61. The van der Waals surface area contributed by atoms with E-state index >= 15 is 0 Å². The van der Waals surface area contributed by atoms with E-state index in [2.05, 4.69) is 57.4 Å². The molecule has 2 saturated heterocycles. The Morgan fingerprint density at radius 1 is 1.26 bits per heavy atom. The molecule has 1 aromatic carbocycles. The van der Waals surface area contributed by atoms with Gasteiger partial charge in [0.1, 0.15) is 5.75 Å². The summed E-state index contributed by atoms with van der Waals surface area (Å²) < 4.78 is 11.3. The molecule has 0 aromatic heterocycles. The Labute approximate surface area is 209 Å². The first-order valence-electron chi connectivity index (χ1n) is 11.2. The number of hydrogen-bond acceptors (Lipinski definition) is 5. The molecule has 1 atom stereocenters. The molecule has 0 bridgehead atoms. The van der Waals surface area contributed by atoms with Crippen LogP contribution in [0.2, 0.25) is 0 Å². The number of ether oxygens (including phenoxy) is 2. The third-order valence-electron chi connectivity index (χ3n) is 6.18. The van der Waals surface area contributed by atoms with E-state index in [0.29, 0.717) is 6.04 Å². The van der Waals surface area contributed by atoms with Crippen molar-refractivity contribution in [3.05, 3.63) is 29.8 Å². The molecular weight excluding hydrogens is 523 g/mol. The molecule has 2 N–H and O–H groups in total. The van der Waals surface area contributed by atoms with Gasteiger partial charge in [0.15, 0.2) is 5.96 Å². The van der Waals surface area contributed by atoms with Gasteiger partial charge in [-0.3, -0.25) is 9.89 Å². The number of thioether (sulfide) groups is 1. The van der Waals surface area contributed by atoms with Crippen LogP contribution in [0.1, 0.15) is 44.2 Å². The Morgan fingerprint density at radius 2 is 2.00 bits per heavy atom. The third kappa shape index (κ3) is 7.68. The molecule has 0 radical (unpaired) electrons. The monoisotopic (exact) mass is 562 g/mol. The lowest BCUT2D eigenvalue weighted by Gasteiger charge is -2.37. The summed E-state index contributed by atoms with van der Waals surface area (Å²) in [6.07, 6.45) is 4.73. The van der Waals surface area contributed by atoms with Gasteiger partial charge in [0, 0.05) is 38.1 Å². The molecule has 2 aliphatic rings. The molecule has 1 aromatic rings. The van der Waals surface area contributed by atoms with Crippen molar-refractivity contribution in [2.24, 2.45) is 4.99 Å². The molecule has 31 heavy (non-hydrogen) atoms. The Hall–Kier alpha value is -0.710. The average Bonchev–Trinajstić information content (AvgIpc) is 3.31. The Bertz CT molecular complexity index is 674. The minimum atomic E-state index is 0.